The number of nitrogens with zero attached hydrogens (tertiary/aromatic N) is 1. The molecule has 14 nitrogen and oxygen atoms in total. The maximum absolute atomic E-state index is 13.2. The van der Waals surface area contributed by atoms with Crippen LogP contribution in [0.4, 0.5) is 0 Å². The first-order valence-electron chi connectivity index (χ1n) is 12.8. The molecule has 0 heterocycles. The molecule has 0 saturated heterocycles. The molecule has 14 heteroatoms. The zero-order valence-corrected chi connectivity index (χ0v) is 22.1. The minimum Gasteiger partial charge on any atom is -0.480 e. The molecule has 0 bridgehead atoms. The molecule has 4 atom stereocenters. The van der Waals surface area contributed by atoms with E-state index in [4.69, 9.17) is 28.7 Å². The quantitative estimate of drug-likeness (QED) is 0.0467. The highest BCUT2D eigenvalue weighted by molar-refractivity contribution is 5.94. The average molecular weight is 530 g/mol. The van der Waals surface area contributed by atoms with Crippen LogP contribution in [-0.2, 0) is 19.2 Å². The first kappa shape index (κ1) is 34.0. The molecule has 0 aliphatic carbocycles. The Morgan fingerprint density at radius 1 is 0.757 bits per heavy atom. The highest BCUT2D eigenvalue weighted by Crippen LogP contribution is 2.08. The van der Waals surface area contributed by atoms with Crippen LogP contribution in [0.25, 0.3) is 0 Å². The number of aliphatic imine (C=N–C) groups is 1. The van der Waals surface area contributed by atoms with E-state index in [1.54, 1.807) is 13.8 Å². The summed E-state index contributed by atoms with van der Waals surface area (Å²) in [5.41, 5.74) is 27.6. The summed E-state index contributed by atoms with van der Waals surface area (Å²) in [5.74, 6) is -3.37. The topological polar surface area (TPSA) is 267 Å². The molecule has 0 fully saturated rings. The zero-order chi connectivity index (χ0) is 28.4. The molecular weight excluding hydrogens is 482 g/mol. The fourth-order valence-electron chi connectivity index (χ4n) is 3.49. The molecule has 0 aromatic heterocycles. The third-order valence-corrected chi connectivity index (χ3v) is 5.69. The van der Waals surface area contributed by atoms with Gasteiger partial charge in [0.15, 0.2) is 5.96 Å². The van der Waals surface area contributed by atoms with E-state index in [1.165, 1.54) is 0 Å². The number of guanidine groups is 1. The van der Waals surface area contributed by atoms with E-state index in [-0.39, 0.29) is 31.3 Å². The summed E-state index contributed by atoms with van der Waals surface area (Å²) in [5, 5.41) is 17.3. The third-order valence-electron chi connectivity index (χ3n) is 5.69. The normalized spacial score (nSPS) is 14.2. The van der Waals surface area contributed by atoms with Crippen molar-refractivity contribution in [1.82, 2.24) is 16.0 Å². The van der Waals surface area contributed by atoms with Gasteiger partial charge in [-0.05, 0) is 64.0 Å². The van der Waals surface area contributed by atoms with Gasteiger partial charge in [-0.15, -0.1) is 0 Å². The lowest BCUT2D eigenvalue weighted by molar-refractivity contribution is -0.142. The summed E-state index contributed by atoms with van der Waals surface area (Å²) >= 11 is 0. The predicted octanol–water partition coefficient (Wildman–Crippen LogP) is -2.18. The van der Waals surface area contributed by atoms with E-state index in [0.717, 1.165) is 6.42 Å². The molecule has 14 N–H and O–H groups in total. The Morgan fingerprint density at radius 3 is 1.81 bits per heavy atom. The van der Waals surface area contributed by atoms with Crippen molar-refractivity contribution in [1.29, 1.82) is 0 Å². The summed E-state index contributed by atoms with van der Waals surface area (Å²) in [6.07, 6.45) is 3.72. The summed E-state index contributed by atoms with van der Waals surface area (Å²) in [6, 6.07) is -3.97. The van der Waals surface area contributed by atoms with Gasteiger partial charge in [0, 0.05) is 6.54 Å². The second-order valence-electron chi connectivity index (χ2n) is 9.32. The first-order valence-corrected chi connectivity index (χ1v) is 12.8. The Kier molecular flexibility index (Phi) is 17.6. The fraction of sp³-hybridized carbons (Fsp3) is 0.783. The van der Waals surface area contributed by atoms with Crippen molar-refractivity contribution in [3.05, 3.63) is 0 Å². The number of hydrogen-bond donors (Lipinski definition) is 9. The molecule has 0 aromatic rings. The van der Waals surface area contributed by atoms with Crippen LogP contribution in [0.3, 0.4) is 0 Å². The second kappa shape index (κ2) is 19.2. The Labute approximate surface area is 218 Å². The van der Waals surface area contributed by atoms with Crippen LogP contribution in [0, 0.1) is 5.92 Å². The Balaban J connectivity index is 5.44. The van der Waals surface area contributed by atoms with Gasteiger partial charge < -0.3 is 49.7 Å². The van der Waals surface area contributed by atoms with Crippen molar-refractivity contribution >= 4 is 29.7 Å². The second-order valence-corrected chi connectivity index (χ2v) is 9.32. The van der Waals surface area contributed by atoms with Gasteiger partial charge in [-0.25, -0.2) is 4.79 Å². The molecule has 0 saturated carbocycles. The predicted molar refractivity (Wildman–Crippen MR) is 142 cm³/mol. The number of carbonyl (C=O) groups is 4. The minimum absolute atomic E-state index is 0.0945. The lowest BCUT2D eigenvalue weighted by Crippen LogP contribution is -2.58. The standard InChI is InChI=1S/C23H47N9O5/c1-14(2)18(21(35)31-17(22(36)37)9-4-6-12-25)32-20(34)16(10-7-13-29-23(27)28)30-19(33)15(26)8-3-5-11-24/h14-18H,3-13,24-26H2,1-2H3,(H,30,33)(H,31,35)(H,32,34)(H,36,37)(H4,27,28,29). The monoisotopic (exact) mass is 529 g/mol. The molecule has 0 aliphatic heterocycles. The molecule has 3 amide bonds. The number of nitrogens with one attached hydrogen (secondary N) is 3. The largest absolute Gasteiger partial charge is 0.480 e. The van der Waals surface area contributed by atoms with Gasteiger partial charge in [-0.1, -0.05) is 20.3 Å². The zero-order valence-electron chi connectivity index (χ0n) is 22.1. The van der Waals surface area contributed by atoms with E-state index in [0.29, 0.717) is 45.2 Å². The van der Waals surface area contributed by atoms with E-state index in [9.17, 15) is 24.3 Å². The van der Waals surface area contributed by atoms with Gasteiger partial charge >= 0.3 is 5.97 Å². The maximum atomic E-state index is 13.2. The summed E-state index contributed by atoms with van der Waals surface area (Å²) in [4.78, 5) is 54.2. The fourth-order valence-corrected chi connectivity index (χ4v) is 3.49. The van der Waals surface area contributed by atoms with Crippen LogP contribution in [0.5, 0.6) is 0 Å². The summed E-state index contributed by atoms with van der Waals surface area (Å²) in [7, 11) is 0. The number of unbranched alkanes of at least 4 members (excludes halogenated alkanes) is 2. The molecular formula is C23H47N9O5. The number of carbonyl (C=O) groups excluding carboxylic acids is 3. The summed E-state index contributed by atoms with van der Waals surface area (Å²) in [6.45, 7) is 4.57. The van der Waals surface area contributed by atoms with Gasteiger partial charge in [0.05, 0.1) is 6.04 Å². The number of hydrogen-bond acceptors (Lipinski definition) is 8. The third kappa shape index (κ3) is 15.0. The number of carboxylic acid groups (broad SMARTS) is 1. The van der Waals surface area contributed by atoms with Crippen molar-refractivity contribution in [2.75, 3.05) is 19.6 Å². The molecule has 4 unspecified atom stereocenters. The van der Waals surface area contributed by atoms with Crippen molar-refractivity contribution in [2.45, 2.75) is 89.4 Å². The van der Waals surface area contributed by atoms with Crippen LogP contribution < -0.4 is 44.6 Å². The van der Waals surface area contributed by atoms with Gasteiger partial charge in [0.1, 0.15) is 18.1 Å². The van der Waals surface area contributed by atoms with E-state index in [1.807, 2.05) is 0 Å². The van der Waals surface area contributed by atoms with E-state index in [2.05, 4.69) is 20.9 Å². The highest BCUT2D eigenvalue weighted by Gasteiger charge is 2.31. The van der Waals surface area contributed by atoms with E-state index < -0.39 is 47.9 Å². The lowest BCUT2D eigenvalue weighted by Gasteiger charge is -2.27. The van der Waals surface area contributed by atoms with Crippen LogP contribution in [0.2, 0.25) is 0 Å². The van der Waals surface area contributed by atoms with Gasteiger partial charge in [-0.3, -0.25) is 19.4 Å². The van der Waals surface area contributed by atoms with Crippen molar-refractivity contribution < 1.29 is 24.3 Å². The lowest BCUT2D eigenvalue weighted by atomic mass is 10.0. The van der Waals surface area contributed by atoms with Crippen LogP contribution in [0.1, 0.15) is 65.2 Å². The van der Waals surface area contributed by atoms with Gasteiger partial charge in [-0.2, -0.15) is 0 Å². The Bertz CT molecular complexity index is 744. The van der Waals surface area contributed by atoms with Crippen LogP contribution >= 0.6 is 0 Å². The molecule has 0 rings (SSSR count). The number of aliphatic carboxylic acids is 1. The van der Waals surface area contributed by atoms with Crippen LogP contribution in [-0.4, -0.2) is 78.6 Å². The van der Waals surface area contributed by atoms with Gasteiger partial charge in [0.25, 0.3) is 0 Å². The Hall–Kier alpha value is -2.97. The molecule has 0 aliphatic rings. The number of rotatable bonds is 20. The average Bonchev–Trinajstić information content (AvgIpc) is 2.82. The molecule has 0 radical (unpaired) electrons. The number of nitrogens with two attached hydrogens (primary N) is 5. The van der Waals surface area contributed by atoms with Crippen molar-refractivity contribution in [3.8, 4) is 0 Å². The SMILES string of the molecule is CC(C)C(NC(=O)C(CCCN=C(N)N)NC(=O)C(N)CCCCN)C(=O)NC(CCCCN)C(=O)O. The molecule has 37 heavy (non-hydrogen) atoms. The highest BCUT2D eigenvalue weighted by atomic mass is 16.4. The van der Waals surface area contributed by atoms with Crippen molar-refractivity contribution in [3.63, 3.8) is 0 Å². The molecule has 0 aromatic carbocycles. The minimum atomic E-state index is -1.17. The molecule has 214 valence electrons. The number of amides is 3. The maximum Gasteiger partial charge on any atom is 0.326 e. The van der Waals surface area contributed by atoms with Crippen molar-refractivity contribution in [2.24, 2.45) is 39.6 Å². The van der Waals surface area contributed by atoms with Crippen LogP contribution in [0.15, 0.2) is 4.99 Å². The Morgan fingerprint density at radius 2 is 1.30 bits per heavy atom. The van der Waals surface area contributed by atoms with E-state index >= 15 is 0 Å². The smallest absolute Gasteiger partial charge is 0.326 e. The number of carboxylic acids is 1. The summed E-state index contributed by atoms with van der Waals surface area (Å²) < 4.78 is 0. The first-order chi connectivity index (χ1) is 17.4. The molecule has 0 spiro atoms. The van der Waals surface area contributed by atoms with Gasteiger partial charge in [0.2, 0.25) is 17.7 Å².